The molecule has 0 radical (unpaired) electrons. The van der Waals surface area contributed by atoms with Gasteiger partial charge in [-0.05, 0) is 20.8 Å². The predicted octanol–water partition coefficient (Wildman–Crippen LogP) is 2.58. The fraction of sp³-hybridized carbons (Fsp3) is 0.533. The van der Waals surface area contributed by atoms with Crippen LogP contribution in [0.1, 0.15) is 25.0 Å². The molecule has 0 N–H and O–H groups in total. The van der Waals surface area contributed by atoms with Crippen LogP contribution in [0.3, 0.4) is 0 Å². The number of hydrogen-bond donors (Lipinski definition) is 0. The monoisotopic (exact) mass is 279 g/mol. The zero-order valence-corrected chi connectivity index (χ0v) is 12.9. The van der Waals surface area contributed by atoms with Gasteiger partial charge in [0, 0.05) is 11.6 Å². The molecule has 1 aromatic rings. The number of methoxy groups -OCH3 is 3. The maximum absolute atomic E-state index is 5.70. The Labute approximate surface area is 119 Å². The van der Waals surface area contributed by atoms with E-state index in [0.29, 0.717) is 29.8 Å². The van der Waals surface area contributed by atoms with E-state index < -0.39 is 0 Å². The maximum Gasteiger partial charge on any atom is 0.220 e. The molecule has 1 aromatic carbocycles. The molecule has 5 heteroatoms. The van der Waals surface area contributed by atoms with E-state index in [4.69, 9.17) is 18.9 Å². The first-order chi connectivity index (χ1) is 9.43. The van der Waals surface area contributed by atoms with Crippen molar-refractivity contribution in [3.05, 3.63) is 17.2 Å². The maximum atomic E-state index is 5.70. The smallest absolute Gasteiger partial charge is 0.220 e. The molecule has 0 fully saturated rings. The van der Waals surface area contributed by atoms with E-state index in [0.717, 1.165) is 11.1 Å². The Kier molecular flexibility index (Phi) is 3.79. The van der Waals surface area contributed by atoms with Crippen LogP contribution < -0.4 is 14.2 Å². The molecule has 0 atom stereocenters. The van der Waals surface area contributed by atoms with E-state index in [1.807, 2.05) is 26.8 Å². The SMILES string of the molecule is COc1cc(C2=NC(C)(C)CO2)c(OC)c(C)c1OC. The van der Waals surface area contributed by atoms with Crippen LogP contribution in [0.5, 0.6) is 17.2 Å². The lowest BCUT2D eigenvalue weighted by Crippen LogP contribution is -2.17. The molecule has 0 amide bonds. The van der Waals surface area contributed by atoms with Gasteiger partial charge < -0.3 is 18.9 Å². The van der Waals surface area contributed by atoms with E-state index in [1.54, 1.807) is 21.3 Å². The number of rotatable bonds is 4. The summed E-state index contributed by atoms with van der Waals surface area (Å²) in [5, 5.41) is 0. The van der Waals surface area contributed by atoms with E-state index >= 15 is 0 Å². The molecule has 1 heterocycles. The topological polar surface area (TPSA) is 49.3 Å². The summed E-state index contributed by atoms with van der Waals surface area (Å²) in [6.45, 7) is 6.53. The minimum Gasteiger partial charge on any atom is -0.495 e. The number of nitrogens with zero attached hydrogens (tertiary/aromatic N) is 1. The molecule has 0 bridgehead atoms. The van der Waals surface area contributed by atoms with Crippen LogP contribution in [0.25, 0.3) is 0 Å². The Bertz CT molecular complexity index is 549. The normalized spacial score (nSPS) is 16.4. The molecule has 0 aliphatic carbocycles. The third-order valence-electron chi connectivity index (χ3n) is 3.25. The summed E-state index contributed by atoms with van der Waals surface area (Å²) in [5.41, 5.74) is 1.43. The predicted molar refractivity (Wildman–Crippen MR) is 77.4 cm³/mol. The summed E-state index contributed by atoms with van der Waals surface area (Å²) in [5.74, 6) is 2.57. The molecule has 5 nitrogen and oxygen atoms in total. The summed E-state index contributed by atoms with van der Waals surface area (Å²) in [4.78, 5) is 4.59. The molecule has 0 saturated carbocycles. The molecule has 0 unspecified atom stereocenters. The average Bonchev–Trinajstić information content (AvgIpc) is 2.77. The second-order valence-electron chi connectivity index (χ2n) is 5.34. The summed E-state index contributed by atoms with van der Waals surface area (Å²) < 4.78 is 22.0. The fourth-order valence-electron chi connectivity index (χ4n) is 2.30. The molecule has 2 rings (SSSR count). The second-order valence-corrected chi connectivity index (χ2v) is 5.34. The van der Waals surface area contributed by atoms with Crippen molar-refractivity contribution in [2.75, 3.05) is 27.9 Å². The first-order valence-corrected chi connectivity index (χ1v) is 6.46. The highest BCUT2D eigenvalue weighted by Gasteiger charge is 2.30. The van der Waals surface area contributed by atoms with Crippen LogP contribution in [0.2, 0.25) is 0 Å². The molecular weight excluding hydrogens is 258 g/mol. The van der Waals surface area contributed by atoms with Gasteiger partial charge in [-0.3, -0.25) is 0 Å². The van der Waals surface area contributed by atoms with Gasteiger partial charge in [0.15, 0.2) is 11.5 Å². The first kappa shape index (κ1) is 14.5. The van der Waals surface area contributed by atoms with Crippen molar-refractivity contribution in [3.8, 4) is 17.2 Å². The molecular formula is C15H21NO4. The van der Waals surface area contributed by atoms with Gasteiger partial charge in [0.05, 0.1) is 32.4 Å². The lowest BCUT2D eigenvalue weighted by atomic mass is 10.1. The first-order valence-electron chi connectivity index (χ1n) is 6.46. The fourth-order valence-corrected chi connectivity index (χ4v) is 2.30. The average molecular weight is 279 g/mol. The number of hydrogen-bond acceptors (Lipinski definition) is 5. The zero-order valence-electron chi connectivity index (χ0n) is 12.9. The van der Waals surface area contributed by atoms with E-state index in [9.17, 15) is 0 Å². The van der Waals surface area contributed by atoms with Crippen LogP contribution in [0, 0.1) is 6.92 Å². The van der Waals surface area contributed by atoms with Crippen LogP contribution in [0.4, 0.5) is 0 Å². The third-order valence-corrected chi connectivity index (χ3v) is 3.25. The van der Waals surface area contributed by atoms with Crippen molar-refractivity contribution in [2.45, 2.75) is 26.3 Å². The summed E-state index contributed by atoms with van der Waals surface area (Å²) in [6.07, 6.45) is 0. The van der Waals surface area contributed by atoms with Crippen LogP contribution in [-0.2, 0) is 4.74 Å². The highest BCUT2D eigenvalue weighted by molar-refractivity contribution is 5.99. The molecule has 0 aromatic heterocycles. The van der Waals surface area contributed by atoms with E-state index in [1.165, 1.54) is 0 Å². The van der Waals surface area contributed by atoms with Crippen LogP contribution in [0.15, 0.2) is 11.1 Å². The Balaban J connectivity index is 2.62. The Hall–Kier alpha value is -1.91. The summed E-state index contributed by atoms with van der Waals surface area (Å²) in [6, 6.07) is 1.84. The molecule has 1 aliphatic heterocycles. The molecule has 110 valence electrons. The highest BCUT2D eigenvalue weighted by Crippen LogP contribution is 2.41. The minimum absolute atomic E-state index is 0.221. The van der Waals surface area contributed by atoms with Crippen molar-refractivity contribution in [2.24, 2.45) is 4.99 Å². The van der Waals surface area contributed by atoms with Gasteiger partial charge in [0.1, 0.15) is 12.4 Å². The molecule has 20 heavy (non-hydrogen) atoms. The Morgan fingerprint density at radius 1 is 1.10 bits per heavy atom. The lowest BCUT2D eigenvalue weighted by molar-refractivity contribution is 0.278. The Morgan fingerprint density at radius 3 is 2.20 bits per heavy atom. The number of ether oxygens (including phenoxy) is 4. The van der Waals surface area contributed by atoms with Crippen molar-refractivity contribution >= 4 is 5.90 Å². The lowest BCUT2D eigenvalue weighted by Gasteiger charge is -2.17. The second kappa shape index (κ2) is 5.23. The zero-order chi connectivity index (χ0) is 14.9. The number of benzene rings is 1. The van der Waals surface area contributed by atoms with Crippen LogP contribution >= 0.6 is 0 Å². The van der Waals surface area contributed by atoms with Gasteiger partial charge in [0.25, 0.3) is 0 Å². The quantitative estimate of drug-likeness (QED) is 0.850. The molecule has 1 aliphatic rings. The highest BCUT2D eigenvalue weighted by atomic mass is 16.5. The largest absolute Gasteiger partial charge is 0.495 e. The number of aliphatic imine (C=N–C) groups is 1. The van der Waals surface area contributed by atoms with Crippen molar-refractivity contribution in [3.63, 3.8) is 0 Å². The summed E-state index contributed by atoms with van der Waals surface area (Å²) >= 11 is 0. The van der Waals surface area contributed by atoms with Gasteiger partial charge in [-0.2, -0.15) is 0 Å². The van der Waals surface area contributed by atoms with Gasteiger partial charge >= 0.3 is 0 Å². The standard InChI is InChI=1S/C15H21NO4/c1-9-12(18-5)10(7-11(17-4)13(9)19-6)14-16-15(2,3)8-20-14/h7H,8H2,1-6H3. The van der Waals surface area contributed by atoms with Crippen molar-refractivity contribution < 1.29 is 18.9 Å². The Morgan fingerprint density at radius 2 is 1.75 bits per heavy atom. The van der Waals surface area contributed by atoms with Crippen LogP contribution in [-0.4, -0.2) is 39.4 Å². The summed E-state index contributed by atoms with van der Waals surface area (Å²) in [7, 11) is 4.84. The van der Waals surface area contributed by atoms with E-state index in [-0.39, 0.29) is 5.54 Å². The van der Waals surface area contributed by atoms with Gasteiger partial charge in [-0.15, -0.1) is 0 Å². The van der Waals surface area contributed by atoms with Gasteiger partial charge in [0.2, 0.25) is 5.90 Å². The van der Waals surface area contributed by atoms with Crippen molar-refractivity contribution in [1.29, 1.82) is 0 Å². The molecule has 0 spiro atoms. The third kappa shape index (κ3) is 2.40. The minimum atomic E-state index is -0.221. The van der Waals surface area contributed by atoms with E-state index in [2.05, 4.69) is 4.99 Å². The van der Waals surface area contributed by atoms with Crippen molar-refractivity contribution in [1.82, 2.24) is 0 Å². The van der Waals surface area contributed by atoms with Gasteiger partial charge in [-0.25, -0.2) is 4.99 Å². The van der Waals surface area contributed by atoms with Gasteiger partial charge in [-0.1, -0.05) is 0 Å². The molecule has 0 saturated heterocycles.